The lowest BCUT2D eigenvalue weighted by Gasteiger charge is -2.36. The summed E-state index contributed by atoms with van der Waals surface area (Å²) in [4.78, 5) is 26.8. The second kappa shape index (κ2) is 7.43. The van der Waals surface area contributed by atoms with Crippen LogP contribution in [0.3, 0.4) is 0 Å². The number of amides is 1. The molecule has 5 heteroatoms. The van der Waals surface area contributed by atoms with Crippen molar-refractivity contribution < 1.29 is 19.1 Å². The van der Waals surface area contributed by atoms with E-state index in [4.69, 9.17) is 9.47 Å². The highest BCUT2D eigenvalue weighted by molar-refractivity contribution is 6.08. The van der Waals surface area contributed by atoms with Crippen molar-refractivity contribution in [3.63, 3.8) is 0 Å². The first-order chi connectivity index (χ1) is 12.8. The third-order valence-electron chi connectivity index (χ3n) is 4.77. The average Bonchev–Trinajstić information content (AvgIpc) is 2.66. The van der Waals surface area contributed by atoms with Gasteiger partial charge < -0.3 is 9.47 Å². The number of ether oxygens (including phenoxy) is 2. The maximum atomic E-state index is 13.3. The van der Waals surface area contributed by atoms with E-state index >= 15 is 0 Å². The molecule has 0 saturated heterocycles. The number of anilines is 1. The van der Waals surface area contributed by atoms with Gasteiger partial charge in [-0.05, 0) is 35.2 Å². The van der Waals surface area contributed by atoms with Crippen LogP contribution in [0.2, 0.25) is 0 Å². The number of rotatable bonds is 3. The summed E-state index contributed by atoms with van der Waals surface area (Å²) in [6, 6.07) is 14.6. The van der Waals surface area contributed by atoms with Crippen LogP contribution < -0.4 is 9.64 Å². The molecule has 1 aliphatic rings. The van der Waals surface area contributed by atoms with Crippen LogP contribution in [0.1, 0.15) is 43.1 Å². The van der Waals surface area contributed by atoms with Gasteiger partial charge in [-0.1, -0.05) is 45.0 Å². The lowest BCUT2D eigenvalue weighted by atomic mass is 9.86. The highest BCUT2D eigenvalue weighted by Crippen LogP contribution is 2.35. The quantitative estimate of drug-likeness (QED) is 0.771. The second-order valence-electron chi connectivity index (χ2n) is 7.72. The number of fused-ring (bicyclic) bond motifs is 1. The van der Waals surface area contributed by atoms with Gasteiger partial charge in [0, 0.05) is 5.56 Å². The molecule has 0 aliphatic carbocycles. The van der Waals surface area contributed by atoms with Gasteiger partial charge in [-0.2, -0.15) is 0 Å². The smallest absolute Gasteiger partial charge is 0.307 e. The van der Waals surface area contributed by atoms with E-state index in [1.54, 1.807) is 4.90 Å². The zero-order chi connectivity index (χ0) is 19.6. The molecule has 142 valence electrons. The Kier molecular flexibility index (Phi) is 5.22. The Bertz CT molecular complexity index is 836. The molecule has 0 saturated carbocycles. The Balaban J connectivity index is 1.96. The largest absolute Gasteiger partial charge is 0.489 e. The number of esters is 1. The molecule has 1 heterocycles. The summed E-state index contributed by atoms with van der Waals surface area (Å²) in [5.74, 6) is 0.113. The van der Waals surface area contributed by atoms with Crippen LogP contribution >= 0.6 is 0 Å². The van der Waals surface area contributed by atoms with Crippen molar-refractivity contribution in [2.45, 2.75) is 38.6 Å². The van der Waals surface area contributed by atoms with E-state index in [9.17, 15) is 9.59 Å². The average molecular weight is 367 g/mol. The van der Waals surface area contributed by atoms with E-state index in [2.05, 4.69) is 20.8 Å². The summed E-state index contributed by atoms with van der Waals surface area (Å²) < 4.78 is 10.6. The molecule has 0 fully saturated rings. The summed E-state index contributed by atoms with van der Waals surface area (Å²) in [6.07, 6.45) is 0.0800. The Morgan fingerprint density at radius 3 is 2.41 bits per heavy atom. The van der Waals surface area contributed by atoms with Crippen molar-refractivity contribution in [1.82, 2.24) is 0 Å². The normalized spacial score (nSPS) is 16.3. The third kappa shape index (κ3) is 3.97. The molecule has 1 aliphatic heterocycles. The first kappa shape index (κ1) is 19.0. The summed E-state index contributed by atoms with van der Waals surface area (Å²) in [7, 11) is 1.34. The van der Waals surface area contributed by atoms with Crippen LogP contribution in [-0.4, -0.2) is 31.6 Å². The van der Waals surface area contributed by atoms with Crippen molar-refractivity contribution in [3.05, 3.63) is 59.7 Å². The maximum absolute atomic E-state index is 13.3. The zero-order valence-corrected chi connectivity index (χ0v) is 16.2. The van der Waals surface area contributed by atoms with Gasteiger partial charge in [0.2, 0.25) is 0 Å². The van der Waals surface area contributed by atoms with Gasteiger partial charge >= 0.3 is 5.97 Å². The molecule has 0 N–H and O–H groups in total. The van der Waals surface area contributed by atoms with Crippen LogP contribution in [0.4, 0.5) is 5.69 Å². The fourth-order valence-corrected chi connectivity index (χ4v) is 3.19. The third-order valence-corrected chi connectivity index (χ3v) is 4.77. The van der Waals surface area contributed by atoms with E-state index in [0.717, 1.165) is 5.56 Å². The van der Waals surface area contributed by atoms with Gasteiger partial charge in [0.05, 0.1) is 25.3 Å². The van der Waals surface area contributed by atoms with E-state index in [1.807, 2.05) is 48.5 Å². The van der Waals surface area contributed by atoms with Gasteiger partial charge in [-0.3, -0.25) is 14.5 Å². The molecule has 1 amide bonds. The Hall–Kier alpha value is -2.82. The molecule has 3 rings (SSSR count). The van der Waals surface area contributed by atoms with E-state index in [1.165, 1.54) is 7.11 Å². The molecule has 27 heavy (non-hydrogen) atoms. The summed E-state index contributed by atoms with van der Waals surface area (Å²) in [5.41, 5.74) is 2.42. The maximum Gasteiger partial charge on any atom is 0.307 e. The van der Waals surface area contributed by atoms with Crippen molar-refractivity contribution >= 4 is 17.6 Å². The van der Waals surface area contributed by atoms with Crippen LogP contribution in [0, 0.1) is 0 Å². The molecule has 0 spiro atoms. The van der Waals surface area contributed by atoms with E-state index in [-0.39, 0.29) is 30.3 Å². The molecule has 2 aromatic carbocycles. The number of nitrogens with zero attached hydrogens (tertiary/aromatic N) is 1. The van der Waals surface area contributed by atoms with Crippen molar-refractivity contribution in [1.29, 1.82) is 0 Å². The summed E-state index contributed by atoms with van der Waals surface area (Å²) >= 11 is 0. The predicted molar refractivity (Wildman–Crippen MR) is 104 cm³/mol. The van der Waals surface area contributed by atoms with Crippen LogP contribution in [0.25, 0.3) is 0 Å². The predicted octanol–water partition coefficient (Wildman–Crippen LogP) is 3.96. The Labute approximate surface area is 159 Å². The lowest BCUT2D eigenvalue weighted by molar-refractivity contribution is -0.141. The zero-order valence-electron chi connectivity index (χ0n) is 16.2. The molecule has 0 aromatic heterocycles. The number of methoxy groups -OCH3 is 1. The van der Waals surface area contributed by atoms with Gasteiger partial charge in [0.1, 0.15) is 12.4 Å². The Morgan fingerprint density at radius 1 is 1.11 bits per heavy atom. The summed E-state index contributed by atoms with van der Waals surface area (Å²) in [5, 5.41) is 0. The molecule has 0 bridgehead atoms. The topological polar surface area (TPSA) is 55.8 Å². The molecule has 0 unspecified atom stereocenters. The van der Waals surface area contributed by atoms with Crippen molar-refractivity contribution in [2.24, 2.45) is 0 Å². The Morgan fingerprint density at radius 2 is 1.78 bits per heavy atom. The minimum Gasteiger partial charge on any atom is -0.489 e. The van der Waals surface area contributed by atoms with Crippen LogP contribution in [0.15, 0.2) is 48.5 Å². The van der Waals surface area contributed by atoms with E-state index in [0.29, 0.717) is 17.0 Å². The number of hydrogen-bond donors (Lipinski definition) is 0. The highest BCUT2D eigenvalue weighted by atomic mass is 16.5. The first-order valence-electron chi connectivity index (χ1n) is 9.04. The molecular formula is C22H25NO4. The number of carbonyl (C=O) groups excluding carboxylic acids is 2. The molecular weight excluding hydrogens is 342 g/mol. The second-order valence-corrected chi connectivity index (χ2v) is 7.72. The number of para-hydroxylation sites is 2. The number of carbonyl (C=O) groups is 2. The standard InChI is InChI=1S/C22H25NO4/c1-22(2,3)16-11-9-15(10-12-16)21(25)23-17(13-20(24)26-4)14-27-19-8-6-5-7-18(19)23/h5-12,17H,13-14H2,1-4H3/t17-/m1/s1. The van der Waals surface area contributed by atoms with Gasteiger partial charge in [-0.25, -0.2) is 0 Å². The van der Waals surface area contributed by atoms with Crippen molar-refractivity contribution in [2.75, 3.05) is 18.6 Å². The first-order valence-corrected chi connectivity index (χ1v) is 9.04. The number of hydrogen-bond acceptors (Lipinski definition) is 4. The minimum absolute atomic E-state index is 0.0144. The SMILES string of the molecule is COC(=O)C[C@@H]1COc2ccccc2N1C(=O)c1ccc(C(C)(C)C)cc1. The monoisotopic (exact) mass is 367 g/mol. The summed E-state index contributed by atoms with van der Waals surface area (Å²) in [6.45, 7) is 6.65. The van der Waals surface area contributed by atoms with Gasteiger partial charge in [0.25, 0.3) is 5.91 Å². The molecule has 5 nitrogen and oxygen atoms in total. The lowest BCUT2D eigenvalue weighted by Crippen LogP contribution is -2.48. The highest BCUT2D eigenvalue weighted by Gasteiger charge is 2.34. The molecule has 0 radical (unpaired) electrons. The van der Waals surface area contributed by atoms with Crippen LogP contribution in [0.5, 0.6) is 5.75 Å². The van der Waals surface area contributed by atoms with Gasteiger partial charge in [-0.15, -0.1) is 0 Å². The molecule has 1 atom stereocenters. The fraction of sp³-hybridized carbons (Fsp3) is 0.364. The molecule has 2 aromatic rings. The minimum atomic E-state index is -0.415. The van der Waals surface area contributed by atoms with E-state index < -0.39 is 6.04 Å². The fourth-order valence-electron chi connectivity index (χ4n) is 3.19. The van der Waals surface area contributed by atoms with Gasteiger partial charge in [0.15, 0.2) is 0 Å². The number of benzene rings is 2. The van der Waals surface area contributed by atoms with Crippen molar-refractivity contribution in [3.8, 4) is 5.75 Å². The van der Waals surface area contributed by atoms with Crippen LogP contribution in [-0.2, 0) is 14.9 Å².